The topological polar surface area (TPSA) is 15.3 Å². The van der Waals surface area contributed by atoms with Gasteiger partial charge in [0.05, 0.1) is 0 Å². The van der Waals surface area contributed by atoms with Crippen molar-refractivity contribution in [2.45, 2.75) is 57.5 Å². The first-order valence-corrected chi connectivity index (χ1v) is 6.37. The van der Waals surface area contributed by atoms with Crippen molar-refractivity contribution in [3.8, 4) is 0 Å². The Morgan fingerprint density at radius 3 is 2.64 bits per heavy atom. The van der Waals surface area contributed by atoms with E-state index in [9.17, 15) is 0 Å². The summed E-state index contributed by atoms with van der Waals surface area (Å²) in [6, 6.07) is 1.70. The molecule has 0 amide bonds. The molecule has 0 spiro atoms. The smallest absolute Gasteiger partial charge is 0.0110 e. The summed E-state index contributed by atoms with van der Waals surface area (Å²) >= 11 is 0. The minimum absolute atomic E-state index is 0.805. The van der Waals surface area contributed by atoms with Crippen molar-refractivity contribution < 1.29 is 0 Å². The molecule has 0 bridgehead atoms. The second kappa shape index (κ2) is 5.13. The lowest BCUT2D eigenvalue weighted by atomic mass is 9.90. The molecule has 1 aliphatic carbocycles. The summed E-state index contributed by atoms with van der Waals surface area (Å²) in [6.07, 6.45) is 8.54. The van der Waals surface area contributed by atoms with Gasteiger partial charge < -0.3 is 10.2 Å². The van der Waals surface area contributed by atoms with Gasteiger partial charge in [0.1, 0.15) is 0 Å². The molecule has 82 valence electrons. The molecule has 1 N–H and O–H groups in total. The Bertz CT molecular complexity index is 162. The van der Waals surface area contributed by atoms with Crippen molar-refractivity contribution in [3.63, 3.8) is 0 Å². The van der Waals surface area contributed by atoms with Crippen LogP contribution in [0.25, 0.3) is 0 Å². The molecule has 0 aromatic rings. The zero-order valence-corrected chi connectivity index (χ0v) is 9.47. The first kappa shape index (κ1) is 10.4. The Labute approximate surface area is 88.1 Å². The molecule has 2 atom stereocenters. The van der Waals surface area contributed by atoms with E-state index in [1.54, 1.807) is 0 Å². The zero-order valence-electron chi connectivity index (χ0n) is 9.47. The van der Waals surface area contributed by atoms with E-state index >= 15 is 0 Å². The largest absolute Gasteiger partial charge is 0.314 e. The zero-order chi connectivity index (χ0) is 9.80. The summed E-state index contributed by atoms with van der Waals surface area (Å²) in [6.45, 7) is 6.09. The van der Waals surface area contributed by atoms with E-state index in [4.69, 9.17) is 0 Å². The molecule has 14 heavy (non-hydrogen) atoms. The van der Waals surface area contributed by atoms with Gasteiger partial charge in [0.15, 0.2) is 0 Å². The Kier molecular flexibility index (Phi) is 3.82. The lowest BCUT2D eigenvalue weighted by molar-refractivity contribution is 0.169. The van der Waals surface area contributed by atoms with Gasteiger partial charge >= 0.3 is 0 Å². The maximum absolute atomic E-state index is 3.61. The van der Waals surface area contributed by atoms with E-state index in [1.165, 1.54) is 51.6 Å². The highest BCUT2D eigenvalue weighted by atomic mass is 15.2. The normalized spacial score (nSPS) is 34.9. The van der Waals surface area contributed by atoms with Crippen LogP contribution in [0.1, 0.15) is 45.4 Å². The van der Waals surface area contributed by atoms with Crippen LogP contribution in [-0.4, -0.2) is 36.6 Å². The minimum atomic E-state index is 0.805. The predicted molar refractivity (Wildman–Crippen MR) is 60.5 cm³/mol. The van der Waals surface area contributed by atoms with Crippen LogP contribution in [0.2, 0.25) is 0 Å². The van der Waals surface area contributed by atoms with Crippen molar-refractivity contribution >= 4 is 0 Å². The highest BCUT2D eigenvalue weighted by molar-refractivity contribution is 4.85. The van der Waals surface area contributed by atoms with Gasteiger partial charge in [-0.1, -0.05) is 13.3 Å². The van der Waals surface area contributed by atoms with Crippen LogP contribution in [0, 0.1) is 0 Å². The summed E-state index contributed by atoms with van der Waals surface area (Å²) in [5.74, 6) is 0. The fourth-order valence-corrected chi connectivity index (χ4v) is 3.08. The molecular formula is C12H24N2. The molecule has 2 unspecified atom stereocenters. The fourth-order valence-electron chi connectivity index (χ4n) is 3.08. The molecule has 1 heterocycles. The van der Waals surface area contributed by atoms with Crippen LogP contribution >= 0.6 is 0 Å². The van der Waals surface area contributed by atoms with Gasteiger partial charge in [-0.3, -0.25) is 0 Å². The Morgan fingerprint density at radius 2 is 1.93 bits per heavy atom. The summed E-state index contributed by atoms with van der Waals surface area (Å²) in [7, 11) is 0. The average molecular weight is 196 g/mol. The monoisotopic (exact) mass is 196 g/mol. The highest BCUT2D eigenvalue weighted by Gasteiger charge is 2.27. The van der Waals surface area contributed by atoms with Gasteiger partial charge in [0, 0.05) is 12.1 Å². The molecule has 2 fully saturated rings. The molecule has 2 rings (SSSR count). The Hall–Kier alpha value is -0.0800. The first-order valence-electron chi connectivity index (χ1n) is 6.37. The van der Waals surface area contributed by atoms with Crippen LogP contribution in [-0.2, 0) is 0 Å². The van der Waals surface area contributed by atoms with E-state index in [-0.39, 0.29) is 0 Å². The Balaban J connectivity index is 1.80. The standard InChI is InChI=1S/C12H24N2/c1-2-13-11-6-5-7-12(10-11)14-8-3-4-9-14/h11-13H,2-10H2,1H3. The molecule has 2 nitrogen and oxygen atoms in total. The Morgan fingerprint density at radius 1 is 1.14 bits per heavy atom. The average Bonchev–Trinajstić information content (AvgIpc) is 2.71. The number of likely N-dealkylation sites (tertiary alicyclic amines) is 1. The fraction of sp³-hybridized carbons (Fsp3) is 1.00. The highest BCUT2D eigenvalue weighted by Crippen LogP contribution is 2.25. The van der Waals surface area contributed by atoms with E-state index < -0.39 is 0 Å². The maximum atomic E-state index is 3.61. The van der Waals surface area contributed by atoms with Crippen molar-refractivity contribution in [2.24, 2.45) is 0 Å². The molecule has 0 radical (unpaired) electrons. The van der Waals surface area contributed by atoms with E-state index in [2.05, 4.69) is 17.1 Å². The quantitative estimate of drug-likeness (QED) is 0.743. The number of rotatable bonds is 3. The number of nitrogens with one attached hydrogen (secondary N) is 1. The van der Waals surface area contributed by atoms with Crippen LogP contribution < -0.4 is 5.32 Å². The van der Waals surface area contributed by atoms with Crippen molar-refractivity contribution in [2.75, 3.05) is 19.6 Å². The van der Waals surface area contributed by atoms with Crippen LogP contribution in [0.4, 0.5) is 0 Å². The van der Waals surface area contributed by atoms with Crippen molar-refractivity contribution in [3.05, 3.63) is 0 Å². The number of hydrogen-bond donors (Lipinski definition) is 1. The molecule has 2 aliphatic rings. The second-order valence-corrected chi connectivity index (χ2v) is 4.82. The van der Waals surface area contributed by atoms with E-state index in [0.717, 1.165) is 18.6 Å². The van der Waals surface area contributed by atoms with Gasteiger partial charge in [0.2, 0.25) is 0 Å². The molecule has 1 saturated heterocycles. The summed E-state index contributed by atoms with van der Waals surface area (Å²) in [4.78, 5) is 2.73. The first-order chi connectivity index (χ1) is 6.90. The third kappa shape index (κ3) is 2.48. The van der Waals surface area contributed by atoms with Crippen LogP contribution in [0.5, 0.6) is 0 Å². The maximum Gasteiger partial charge on any atom is 0.0110 e. The molecule has 0 aromatic carbocycles. The van der Waals surface area contributed by atoms with Gasteiger partial charge in [-0.15, -0.1) is 0 Å². The van der Waals surface area contributed by atoms with Crippen LogP contribution in [0.3, 0.4) is 0 Å². The third-order valence-corrected chi connectivity index (χ3v) is 3.80. The lowest BCUT2D eigenvalue weighted by Gasteiger charge is -2.35. The van der Waals surface area contributed by atoms with E-state index in [0.29, 0.717) is 0 Å². The SMILES string of the molecule is CCNC1CCCC(N2CCCC2)C1. The number of hydrogen-bond acceptors (Lipinski definition) is 2. The van der Waals surface area contributed by atoms with Gasteiger partial charge in [-0.25, -0.2) is 0 Å². The summed E-state index contributed by atoms with van der Waals surface area (Å²) in [5, 5.41) is 3.61. The third-order valence-electron chi connectivity index (χ3n) is 3.80. The molecule has 2 heteroatoms. The van der Waals surface area contributed by atoms with Crippen LogP contribution in [0.15, 0.2) is 0 Å². The second-order valence-electron chi connectivity index (χ2n) is 4.82. The molecule has 1 saturated carbocycles. The lowest BCUT2D eigenvalue weighted by Crippen LogP contribution is -2.43. The molecule has 1 aliphatic heterocycles. The van der Waals surface area contributed by atoms with Crippen molar-refractivity contribution in [1.82, 2.24) is 10.2 Å². The van der Waals surface area contributed by atoms with E-state index in [1.807, 2.05) is 0 Å². The molecule has 0 aromatic heterocycles. The minimum Gasteiger partial charge on any atom is -0.314 e. The predicted octanol–water partition coefficient (Wildman–Crippen LogP) is 2.00. The van der Waals surface area contributed by atoms with Gasteiger partial charge in [-0.2, -0.15) is 0 Å². The molecular weight excluding hydrogens is 172 g/mol. The van der Waals surface area contributed by atoms with Crippen molar-refractivity contribution in [1.29, 1.82) is 0 Å². The number of nitrogens with zero attached hydrogens (tertiary/aromatic N) is 1. The van der Waals surface area contributed by atoms with Gasteiger partial charge in [0.25, 0.3) is 0 Å². The van der Waals surface area contributed by atoms with Gasteiger partial charge in [-0.05, 0) is 51.7 Å². The summed E-state index contributed by atoms with van der Waals surface area (Å²) < 4.78 is 0. The summed E-state index contributed by atoms with van der Waals surface area (Å²) in [5.41, 5.74) is 0.